The van der Waals surface area contributed by atoms with Gasteiger partial charge in [-0.2, -0.15) is 0 Å². The number of nitrogens with zero attached hydrogens (tertiary/aromatic N) is 2. The SMILES string of the molecule is O=[N+]([O-])c1cccc(-c2ccc(C=Nc3ccc(C45CC6CC(CC(C6)C4)C5)cc3)o2)c1. The van der Waals surface area contributed by atoms with Gasteiger partial charge in [0, 0.05) is 17.7 Å². The van der Waals surface area contributed by atoms with Crippen molar-refractivity contribution in [3.63, 3.8) is 0 Å². The van der Waals surface area contributed by atoms with Crippen LogP contribution in [0.1, 0.15) is 49.8 Å². The molecule has 5 heteroatoms. The van der Waals surface area contributed by atoms with Gasteiger partial charge in [-0.25, -0.2) is 0 Å². The average molecular weight is 427 g/mol. The molecule has 1 aromatic heterocycles. The monoisotopic (exact) mass is 426 g/mol. The summed E-state index contributed by atoms with van der Waals surface area (Å²) >= 11 is 0. The molecule has 0 spiro atoms. The van der Waals surface area contributed by atoms with Crippen LogP contribution in [0, 0.1) is 27.9 Å². The van der Waals surface area contributed by atoms with Crippen LogP contribution in [0.4, 0.5) is 11.4 Å². The molecule has 4 saturated carbocycles. The summed E-state index contributed by atoms with van der Waals surface area (Å²) in [6.07, 6.45) is 10.2. The molecular formula is C27H26N2O3. The van der Waals surface area contributed by atoms with E-state index in [1.54, 1.807) is 18.3 Å². The van der Waals surface area contributed by atoms with E-state index in [0.717, 1.165) is 23.4 Å². The summed E-state index contributed by atoms with van der Waals surface area (Å²) in [5.74, 6) is 4.04. The molecule has 4 fully saturated rings. The first-order chi connectivity index (χ1) is 15.6. The lowest BCUT2D eigenvalue weighted by Gasteiger charge is -2.57. The van der Waals surface area contributed by atoms with Crippen LogP contribution >= 0.6 is 0 Å². The summed E-state index contributed by atoms with van der Waals surface area (Å²) in [4.78, 5) is 15.2. The van der Waals surface area contributed by atoms with E-state index in [2.05, 4.69) is 29.3 Å². The molecule has 162 valence electrons. The largest absolute Gasteiger partial charge is 0.455 e. The van der Waals surface area contributed by atoms with E-state index in [0.29, 0.717) is 22.5 Å². The highest BCUT2D eigenvalue weighted by atomic mass is 16.6. The number of furan rings is 1. The van der Waals surface area contributed by atoms with E-state index in [4.69, 9.17) is 4.42 Å². The minimum Gasteiger partial charge on any atom is -0.455 e. The van der Waals surface area contributed by atoms with Crippen molar-refractivity contribution in [2.45, 2.75) is 43.9 Å². The smallest absolute Gasteiger partial charge is 0.270 e. The predicted octanol–water partition coefficient (Wildman–Crippen LogP) is 7.07. The summed E-state index contributed by atoms with van der Waals surface area (Å²) in [6, 6.07) is 18.9. The van der Waals surface area contributed by atoms with E-state index in [9.17, 15) is 10.1 Å². The van der Waals surface area contributed by atoms with E-state index in [-0.39, 0.29) is 5.69 Å². The fourth-order valence-corrected chi connectivity index (χ4v) is 6.85. The topological polar surface area (TPSA) is 68.6 Å². The van der Waals surface area contributed by atoms with Gasteiger partial charge in [0.05, 0.1) is 16.8 Å². The van der Waals surface area contributed by atoms with Gasteiger partial charge in [0.15, 0.2) is 0 Å². The Morgan fingerprint density at radius 3 is 2.28 bits per heavy atom. The zero-order valence-corrected chi connectivity index (χ0v) is 17.9. The number of nitro benzene ring substituents is 1. The molecule has 0 aliphatic heterocycles. The van der Waals surface area contributed by atoms with Crippen molar-refractivity contribution in [1.82, 2.24) is 0 Å². The summed E-state index contributed by atoms with van der Waals surface area (Å²) in [7, 11) is 0. The minimum absolute atomic E-state index is 0.0493. The van der Waals surface area contributed by atoms with Crippen molar-refractivity contribution in [1.29, 1.82) is 0 Å². The van der Waals surface area contributed by atoms with Gasteiger partial charge >= 0.3 is 0 Å². The molecule has 7 rings (SSSR count). The molecule has 2 aromatic carbocycles. The Kier molecular flexibility index (Phi) is 4.53. The van der Waals surface area contributed by atoms with Gasteiger partial charge in [-0.15, -0.1) is 0 Å². The Morgan fingerprint density at radius 1 is 0.938 bits per heavy atom. The number of aliphatic imine (C=N–C) groups is 1. The molecule has 0 N–H and O–H groups in total. The van der Waals surface area contributed by atoms with E-state index in [1.165, 1.54) is 56.2 Å². The van der Waals surface area contributed by atoms with E-state index >= 15 is 0 Å². The summed E-state index contributed by atoms with van der Waals surface area (Å²) < 4.78 is 5.84. The predicted molar refractivity (Wildman–Crippen MR) is 124 cm³/mol. The van der Waals surface area contributed by atoms with E-state index < -0.39 is 4.92 Å². The van der Waals surface area contributed by atoms with Crippen LogP contribution in [0.25, 0.3) is 11.3 Å². The molecule has 0 saturated heterocycles. The molecule has 4 bridgehead atoms. The first-order valence-corrected chi connectivity index (χ1v) is 11.6. The fraction of sp³-hybridized carbons (Fsp3) is 0.370. The zero-order valence-electron chi connectivity index (χ0n) is 17.9. The lowest BCUT2D eigenvalue weighted by Crippen LogP contribution is -2.48. The minimum atomic E-state index is -0.401. The Balaban J connectivity index is 1.18. The quantitative estimate of drug-likeness (QED) is 0.249. The number of benzene rings is 2. The maximum atomic E-state index is 11.0. The summed E-state index contributed by atoms with van der Waals surface area (Å²) in [6.45, 7) is 0. The van der Waals surface area contributed by atoms with Gasteiger partial charge in [0.25, 0.3) is 5.69 Å². The van der Waals surface area contributed by atoms with Gasteiger partial charge in [-0.1, -0.05) is 24.3 Å². The Labute approximate surface area is 187 Å². The van der Waals surface area contributed by atoms with Gasteiger partial charge in [-0.3, -0.25) is 15.1 Å². The van der Waals surface area contributed by atoms with Crippen LogP contribution in [-0.4, -0.2) is 11.1 Å². The second-order valence-corrected chi connectivity index (χ2v) is 10.0. The highest BCUT2D eigenvalue weighted by molar-refractivity contribution is 5.80. The zero-order chi connectivity index (χ0) is 21.7. The number of nitro groups is 1. The van der Waals surface area contributed by atoms with Crippen LogP contribution < -0.4 is 0 Å². The fourth-order valence-electron chi connectivity index (χ4n) is 6.85. The van der Waals surface area contributed by atoms with Crippen LogP contribution in [0.5, 0.6) is 0 Å². The molecular weight excluding hydrogens is 400 g/mol. The van der Waals surface area contributed by atoms with Crippen molar-refractivity contribution in [3.05, 3.63) is 82.1 Å². The highest BCUT2D eigenvalue weighted by Crippen LogP contribution is 2.60. The van der Waals surface area contributed by atoms with Crippen molar-refractivity contribution in [3.8, 4) is 11.3 Å². The van der Waals surface area contributed by atoms with Gasteiger partial charge < -0.3 is 4.42 Å². The second kappa shape index (κ2) is 7.44. The number of rotatable bonds is 5. The van der Waals surface area contributed by atoms with Gasteiger partial charge in [-0.05, 0) is 91.5 Å². The van der Waals surface area contributed by atoms with Crippen LogP contribution in [0.15, 0.2) is 70.1 Å². The highest BCUT2D eigenvalue weighted by Gasteiger charge is 2.51. The van der Waals surface area contributed by atoms with Gasteiger partial charge in [0.2, 0.25) is 0 Å². The first-order valence-electron chi connectivity index (χ1n) is 11.6. The lowest BCUT2D eigenvalue weighted by atomic mass is 9.48. The Hall–Kier alpha value is -3.21. The van der Waals surface area contributed by atoms with Crippen molar-refractivity contribution >= 4 is 17.6 Å². The third-order valence-electron chi connectivity index (χ3n) is 7.83. The molecule has 0 atom stereocenters. The molecule has 32 heavy (non-hydrogen) atoms. The summed E-state index contributed by atoms with van der Waals surface area (Å²) in [5, 5.41) is 11.0. The maximum absolute atomic E-state index is 11.0. The molecule has 0 amide bonds. The molecule has 0 radical (unpaired) electrons. The van der Waals surface area contributed by atoms with Crippen LogP contribution in [0.3, 0.4) is 0 Å². The number of hydrogen-bond acceptors (Lipinski definition) is 4. The Morgan fingerprint density at radius 2 is 1.62 bits per heavy atom. The second-order valence-electron chi connectivity index (χ2n) is 10.0. The molecule has 4 aliphatic carbocycles. The third-order valence-corrected chi connectivity index (χ3v) is 7.83. The summed E-state index contributed by atoms with van der Waals surface area (Å²) in [5.41, 5.74) is 3.55. The van der Waals surface area contributed by atoms with Crippen molar-refractivity contribution in [2.24, 2.45) is 22.7 Å². The maximum Gasteiger partial charge on any atom is 0.270 e. The molecule has 0 unspecified atom stereocenters. The number of hydrogen-bond donors (Lipinski definition) is 0. The van der Waals surface area contributed by atoms with E-state index in [1.807, 2.05) is 12.1 Å². The number of non-ortho nitro benzene ring substituents is 1. The van der Waals surface area contributed by atoms with Crippen LogP contribution in [-0.2, 0) is 5.41 Å². The average Bonchev–Trinajstić information content (AvgIpc) is 3.26. The van der Waals surface area contributed by atoms with Gasteiger partial charge in [0.1, 0.15) is 11.5 Å². The lowest BCUT2D eigenvalue weighted by molar-refractivity contribution is -0.384. The molecule has 4 aliphatic rings. The standard InChI is InChI=1S/C27H26N2O3/c30-29(31)24-3-1-2-21(13-24)26-9-8-25(32-26)17-28-23-6-4-22(5-7-23)27-14-18-10-19(15-27)12-20(11-18)16-27/h1-9,13,17-20H,10-12,14-16H2. The third kappa shape index (κ3) is 3.46. The Bertz CT molecular complexity index is 1160. The van der Waals surface area contributed by atoms with Crippen LogP contribution in [0.2, 0.25) is 0 Å². The van der Waals surface area contributed by atoms with Crippen molar-refractivity contribution < 1.29 is 9.34 Å². The normalized spacial score (nSPS) is 28.4. The first kappa shape index (κ1) is 19.5. The molecule has 3 aromatic rings. The van der Waals surface area contributed by atoms with Crippen molar-refractivity contribution in [2.75, 3.05) is 0 Å². The molecule has 1 heterocycles. The molecule has 5 nitrogen and oxygen atoms in total.